The van der Waals surface area contributed by atoms with Gasteiger partial charge >= 0.3 is 0 Å². The summed E-state index contributed by atoms with van der Waals surface area (Å²) in [4.78, 5) is 32.7. The zero-order valence-electron chi connectivity index (χ0n) is 17.2. The predicted molar refractivity (Wildman–Crippen MR) is 110 cm³/mol. The summed E-state index contributed by atoms with van der Waals surface area (Å²) >= 11 is 0. The standard InChI is InChI=1S/C21H27N5O3/c1-14(2)20-22-17-13-25(11-8-19(17)23(20)3)15-6-7-18(26(28)29)16(12-15)21(27)24-9-4-5-10-24/h6-7,12,14H,4-5,8-11,13H2,1-3H3. The first-order valence-electron chi connectivity index (χ1n) is 10.2. The van der Waals surface area contributed by atoms with Gasteiger partial charge in [-0.3, -0.25) is 14.9 Å². The SMILES string of the molecule is CC(C)c1nc2c(n1C)CCN(c1ccc([N+](=O)[O-])c(C(=O)N3CCCC3)c1)C2. The zero-order chi connectivity index (χ0) is 20.7. The molecule has 8 heteroatoms. The molecule has 0 saturated carbocycles. The Morgan fingerprint density at radius 2 is 1.93 bits per heavy atom. The molecule has 0 spiro atoms. The second kappa shape index (κ2) is 7.50. The third-order valence-electron chi connectivity index (χ3n) is 5.97. The van der Waals surface area contributed by atoms with E-state index in [1.807, 2.05) is 0 Å². The first-order chi connectivity index (χ1) is 13.9. The maximum absolute atomic E-state index is 12.9. The van der Waals surface area contributed by atoms with Crippen molar-refractivity contribution in [3.63, 3.8) is 0 Å². The Labute approximate surface area is 170 Å². The molecule has 0 aliphatic carbocycles. The van der Waals surface area contributed by atoms with Crippen molar-refractivity contribution in [2.75, 3.05) is 24.5 Å². The first kappa shape index (κ1) is 19.4. The van der Waals surface area contributed by atoms with Gasteiger partial charge in [0.1, 0.15) is 11.4 Å². The van der Waals surface area contributed by atoms with Gasteiger partial charge in [0.05, 0.1) is 17.2 Å². The molecule has 2 aromatic rings. The fourth-order valence-electron chi connectivity index (χ4n) is 4.43. The molecule has 1 saturated heterocycles. The van der Waals surface area contributed by atoms with E-state index in [-0.39, 0.29) is 17.2 Å². The minimum Gasteiger partial charge on any atom is -0.365 e. The highest BCUT2D eigenvalue weighted by Gasteiger charge is 2.29. The summed E-state index contributed by atoms with van der Waals surface area (Å²) in [6.07, 6.45) is 2.76. The number of nitro benzene ring substituents is 1. The third-order valence-corrected chi connectivity index (χ3v) is 5.97. The lowest BCUT2D eigenvalue weighted by Crippen LogP contribution is -2.32. The van der Waals surface area contributed by atoms with Gasteiger partial charge in [-0.15, -0.1) is 0 Å². The lowest BCUT2D eigenvalue weighted by molar-refractivity contribution is -0.385. The Kier molecular flexibility index (Phi) is 5.02. The van der Waals surface area contributed by atoms with Gasteiger partial charge in [-0.05, 0) is 25.0 Å². The minimum atomic E-state index is -0.463. The molecule has 1 fully saturated rings. The summed E-state index contributed by atoms with van der Waals surface area (Å²) in [6.45, 7) is 7.04. The average molecular weight is 397 g/mol. The molecule has 0 N–H and O–H groups in total. The summed E-state index contributed by atoms with van der Waals surface area (Å²) in [5.74, 6) is 1.18. The molecule has 154 valence electrons. The number of aromatic nitrogens is 2. The van der Waals surface area contributed by atoms with Crippen molar-refractivity contribution < 1.29 is 9.72 Å². The number of rotatable bonds is 4. The normalized spacial score (nSPS) is 16.4. The number of fused-ring (bicyclic) bond motifs is 1. The third kappa shape index (κ3) is 3.47. The van der Waals surface area contributed by atoms with Crippen LogP contribution in [0.1, 0.15) is 60.2 Å². The fraction of sp³-hybridized carbons (Fsp3) is 0.524. The number of anilines is 1. The van der Waals surface area contributed by atoms with E-state index in [9.17, 15) is 14.9 Å². The molecule has 1 aromatic carbocycles. The van der Waals surface area contributed by atoms with Crippen molar-refractivity contribution in [3.05, 3.63) is 51.1 Å². The lowest BCUT2D eigenvalue weighted by atomic mass is 10.1. The molecule has 0 atom stereocenters. The van der Waals surface area contributed by atoms with Crippen LogP contribution in [0, 0.1) is 10.1 Å². The van der Waals surface area contributed by atoms with Crippen LogP contribution in [0.5, 0.6) is 0 Å². The Morgan fingerprint density at radius 3 is 2.59 bits per heavy atom. The minimum absolute atomic E-state index is 0.122. The van der Waals surface area contributed by atoms with Gasteiger partial charge in [0, 0.05) is 56.5 Å². The molecule has 3 heterocycles. The molecule has 1 amide bonds. The van der Waals surface area contributed by atoms with Gasteiger partial charge < -0.3 is 14.4 Å². The van der Waals surface area contributed by atoms with E-state index in [0.29, 0.717) is 25.6 Å². The summed E-state index contributed by atoms with van der Waals surface area (Å²) in [7, 11) is 2.07. The molecule has 4 rings (SSSR count). The average Bonchev–Trinajstić information content (AvgIpc) is 3.35. The quantitative estimate of drug-likeness (QED) is 0.584. The van der Waals surface area contributed by atoms with Crippen LogP contribution in [0.25, 0.3) is 0 Å². The van der Waals surface area contributed by atoms with Crippen LogP contribution < -0.4 is 4.90 Å². The lowest BCUT2D eigenvalue weighted by Gasteiger charge is -2.29. The molecule has 8 nitrogen and oxygen atoms in total. The number of hydrogen-bond acceptors (Lipinski definition) is 5. The molecule has 0 bridgehead atoms. The van der Waals surface area contributed by atoms with Crippen LogP contribution in [-0.2, 0) is 20.0 Å². The highest BCUT2D eigenvalue weighted by molar-refractivity contribution is 5.99. The van der Waals surface area contributed by atoms with Crippen molar-refractivity contribution in [1.82, 2.24) is 14.5 Å². The number of nitrogens with zero attached hydrogens (tertiary/aromatic N) is 5. The Bertz CT molecular complexity index is 959. The Balaban J connectivity index is 1.65. The van der Waals surface area contributed by atoms with Crippen molar-refractivity contribution in [1.29, 1.82) is 0 Å². The number of carbonyl (C=O) groups excluding carboxylic acids is 1. The second-order valence-electron chi connectivity index (χ2n) is 8.21. The largest absolute Gasteiger partial charge is 0.365 e. The topological polar surface area (TPSA) is 84.5 Å². The number of hydrogen-bond donors (Lipinski definition) is 0. The molecular formula is C21H27N5O3. The van der Waals surface area contributed by atoms with Crippen molar-refractivity contribution in [2.24, 2.45) is 7.05 Å². The van der Waals surface area contributed by atoms with Gasteiger partial charge in [0.15, 0.2) is 0 Å². The van der Waals surface area contributed by atoms with Gasteiger partial charge in [-0.2, -0.15) is 0 Å². The molecule has 1 aromatic heterocycles. The zero-order valence-corrected chi connectivity index (χ0v) is 17.2. The molecule has 0 unspecified atom stereocenters. The highest BCUT2D eigenvalue weighted by atomic mass is 16.6. The van der Waals surface area contributed by atoms with Gasteiger partial charge in [-0.25, -0.2) is 4.98 Å². The second-order valence-corrected chi connectivity index (χ2v) is 8.21. The van der Waals surface area contributed by atoms with Crippen molar-refractivity contribution in [2.45, 2.75) is 45.6 Å². The van der Waals surface area contributed by atoms with E-state index >= 15 is 0 Å². The van der Waals surface area contributed by atoms with E-state index in [4.69, 9.17) is 4.98 Å². The molecular weight excluding hydrogens is 370 g/mol. The summed E-state index contributed by atoms with van der Waals surface area (Å²) in [5, 5.41) is 11.5. The first-order valence-corrected chi connectivity index (χ1v) is 10.2. The molecule has 2 aliphatic rings. The van der Waals surface area contributed by atoms with Crippen molar-refractivity contribution >= 4 is 17.3 Å². The van der Waals surface area contributed by atoms with Gasteiger partial charge in [-0.1, -0.05) is 13.8 Å². The van der Waals surface area contributed by atoms with Gasteiger partial charge in [0.2, 0.25) is 0 Å². The van der Waals surface area contributed by atoms with E-state index in [0.717, 1.165) is 43.0 Å². The van der Waals surface area contributed by atoms with Crippen LogP contribution in [0.2, 0.25) is 0 Å². The van der Waals surface area contributed by atoms with Crippen LogP contribution >= 0.6 is 0 Å². The van der Waals surface area contributed by atoms with E-state index < -0.39 is 4.92 Å². The summed E-state index contributed by atoms with van der Waals surface area (Å²) in [6, 6.07) is 4.90. The molecule has 2 aliphatic heterocycles. The predicted octanol–water partition coefficient (Wildman–Crippen LogP) is 3.25. The number of amides is 1. The Morgan fingerprint density at radius 1 is 1.21 bits per heavy atom. The van der Waals surface area contributed by atoms with Crippen LogP contribution in [-0.4, -0.2) is 44.9 Å². The highest BCUT2D eigenvalue weighted by Crippen LogP contribution is 2.31. The number of nitro groups is 1. The van der Waals surface area contributed by atoms with E-state index in [2.05, 4.69) is 30.4 Å². The van der Waals surface area contributed by atoms with Crippen LogP contribution in [0.4, 0.5) is 11.4 Å². The maximum Gasteiger partial charge on any atom is 0.282 e. The summed E-state index contributed by atoms with van der Waals surface area (Å²) in [5.41, 5.74) is 3.20. The molecule has 0 radical (unpaired) electrons. The number of benzene rings is 1. The van der Waals surface area contributed by atoms with Crippen LogP contribution in [0.15, 0.2) is 18.2 Å². The van der Waals surface area contributed by atoms with Gasteiger partial charge in [0.25, 0.3) is 11.6 Å². The number of carbonyl (C=O) groups is 1. The monoisotopic (exact) mass is 397 g/mol. The maximum atomic E-state index is 12.9. The molecule has 29 heavy (non-hydrogen) atoms. The van der Waals surface area contributed by atoms with Crippen LogP contribution in [0.3, 0.4) is 0 Å². The number of imidazole rings is 1. The van der Waals surface area contributed by atoms with E-state index in [1.54, 1.807) is 17.0 Å². The summed E-state index contributed by atoms with van der Waals surface area (Å²) < 4.78 is 2.19. The Hall–Kier alpha value is -2.90. The van der Waals surface area contributed by atoms with E-state index in [1.165, 1.54) is 11.8 Å². The smallest absolute Gasteiger partial charge is 0.282 e. The van der Waals surface area contributed by atoms with Crippen molar-refractivity contribution in [3.8, 4) is 0 Å². The fourth-order valence-corrected chi connectivity index (χ4v) is 4.43. The number of likely N-dealkylation sites (tertiary alicyclic amines) is 1.